The number of hydrogen-bond donors (Lipinski definition) is 0. The standard InChI is InChI=1S/C24H27NO3S/c1-5-16-25(29(27,28)23-14-12-19(3)13-15-23)24(26)18-20(4)17-21(6-2)22-10-8-7-9-11-22/h5,7-15H,1,6,16,18H2,2-4H3. The van der Waals surface area contributed by atoms with Crippen molar-refractivity contribution in [2.75, 3.05) is 6.54 Å². The van der Waals surface area contributed by atoms with Gasteiger partial charge < -0.3 is 0 Å². The van der Waals surface area contributed by atoms with Gasteiger partial charge in [-0.15, -0.1) is 12.3 Å². The van der Waals surface area contributed by atoms with Crippen LogP contribution in [0.15, 0.2) is 83.5 Å². The molecule has 0 unspecified atom stereocenters. The quantitative estimate of drug-likeness (QED) is 0.449. The van der Waals surface area contributed by atoms with Gasteiger partial charge >= 0.3 is 0 Å². The third-order valence-electron chi connectivity index (χ3n) is 4.44. The van der Waals surface area contributed by atoms with Crippen molar-refractivity contribution in [1.29, 1.82) is 0 Å². The van der Waals surface area contributed by atoms with Gasteiger partial charge in [-0.25, -0.2) is 12.7 Å². The van der Waals surface area contributed by atoms with Crippen molar-refractivity contribution in [2.45, 2.75) is 38.5 Å². The average Bonchev–Trinajstić information content (AvgIpc) is 2.71. The first-order chi connectivity index (χ1) is 13.8. The number of nitrogens with zero attached hydrogens (tertiary/aromatic N) is 1. The molecule has 5 heteroatoms. The number of carbonyl (C=O) groups excluding carboxylic acids is 1. The van der Waals surface area contributed by atoms with Crippen LogP contribution in [-0.2, 0) is 14.8 Å². The van der Waals surface area contributed by atoms with Crippen molar-refractivity contribution in [1.82, 2.24) is 4.31 Å². The summed E-state index contributed by atoms with van der Waals surface area (Å²) in [6.45, 7) is 9.22. The predicted octanol–water partition coefficient (Wildman–Crippen LogP) is 5.13. The molecule has 0 fully saturated rings. The molecule has 1 amide bonds. The molecule has 0 heterocycles. The highest BCUT2D eigenvalue weighted by molar-refractivity contribution is 7.89. The summed E-state index contributed by atoms with van der Waals surface area (Å²) in [5, 5.41) is 0. The number of amides is 1. The van der Waals surface area contributed by atoms with Gasteiger partial charge in [0, 0.05) is 5.57 Å². The van der Waals surface area contributed by atoms with Crippen LogP contribution in [0, 0.1) is 6.92 Å². The van der Waals surface area contributed by atoms with Crippen LogP contribution in [0.3, 0.4) is 0 Å². The Morgan fingerprint density at radius 2 is 1.72 bits per heavy atom. The maximum absolute atomic E-state index is 13.0. The molecule has 2 aromatic rings. The maximum atomic E-state index is 13.0. The zero-order valence-electron chi connectivity index (χ0n) is 17.2. The van der Waals surface area contributed by atoms with E-state index in [0.29, 0.717) is 5.57 Å². The number of rotatable bonds is 8. The zero-order valence-corrected chi connectivity index (χ0v) is 18.0. The summed E-state index contributed by atoms with van der Waals surface area (Å²) >= 11 is 0. The fourth-order valence-corrected chi connectivity index (χ4v) is 4.28. The topological polar surface area (TPSA) is 54.5 Å². The monoisotopic (exact) mass is 409 g/mol. The van der Waals surface area contributed by atoms with Crippen molar-refractivity contribution in [3.8, 4) is 0 Å². The lowest BCUT2D eigenvalue weighted by Crippen LogP contribution is -2.37. The highest BCUT2D eigenvalue weighted by atomic mass is 32.2. The summed E-state index contributed by atoms with van der Waals surface area (Å²) < 4.78 is 26.8. The molecule has 0 bridgehead atoms. The second-order valence-corrected chi connectivity index (χ2v) is 8.67. The third kappa shape index (κ3) is 5.80. The molecular weight excluding hydrogens is 382 g/mol. The van der Waals surface area contributed by atoms with Crippen LogP contribution in [0.5, 0.6) is 0 Å². The molecule has 0 spiro atoms. The van der Waals surface area contributed by atoms with Crippen molar-refractivity contribution in [3.05, 3.63) is 89.7 Å². The Morgan fingerprint density at radius 3 is 2.28 bits per heavy atom. The summed E-state index contributed by atoms with van der Waals surface area (Å²) in [6, 6.07) is 16.3. The van der Waals surface area contributed by atoms with Crippen molar-refractivity contribution >= 4 is 21.5 Å². The van der Waals surface area contributed by atoms with E-state index in [-0.39, 0.29) is 17.9 Å². The Bertz CT molecular complexity index is 1030. The molecule has 0 saturated carbocycles. The predicted molar refractivity (Wildman–Crippen MR) is 118 cm³/mol. The first kappa shape index (κ1) is 22.4. The molecule has 2 aromatic carbocycles. The van der Waals surface area contributed by atoms with Crippen LogP contribution in [0.1, 0.15) is 37.8 Å². The molecule has 0 atom stereocenters. The van der Waals surface area contributed by atoms with Gasteiger partial charge in [0.1, 0.15) is 0 Å². The lowest BCUT2D eigenvalue weighted by atomic mass is 10.0. The summed E-state index contributed by atoms with van der Waals surface area (Å²) in [6.07, 6.45) is 2.14. The molecule has 2 rings (SSSR count). The largest absolute Gasteiger partial charge is 0.273 e. The van der Waals surface area contributed by atoms with E-state index in [0.717, 1.165) is 27.4 Å². The van der Waals surface area contributed by atoms with Gasteiger partial charge in [-0.2, -0.15) is 0 Å². The van der Waals surface area contributed by atoms with E-state index in [1.54, 1.807) is 19.1 Å². The van der Waals surface area contributed by atoms with Crippen LogP contribution < -0.4 is 0 Å². The third-order valence-corrected chi connectivity index (χ3v) is 6.24. The minimum absolute atomic E-state index is 0.0325. The van der Waals surface area contributed by atoms with Gasteiger partial charge in [0.2, 0.25) is 5.91 Å². The second kappa shape index (κ2) is 10.1. The van der Waals surface area contributed by atoms with E-state index in [9.17, 15) is 13.2 Å². The Morgan fingerprint density at radius 1 is 1.10 bits per heavy atom. The highest BCUT2D eigenvalue weighted by Gasteiger charge is 2.28. The van der Waals surface area contributed by atoms with E-state index >= 15 is 0 Å². The lowest BCUT2D eigenvalue weighted by molar-refractivity contribution is -0.125. The molecule has 0 aliphatic rings. The number of hydrogen-bond acceptors (Lipinski definition) is 3. The maximum Gasteiger partial charge on any atom is 0.266 e. The number of carbonyl (C=O) groups is 1. The van der Waals surface area contributed by atoms with E-state index in [4.69, 9.17) is 0 Å². The van der Waals surface area contributed by atoms with Crippen LogP contribution in [-0.4, -0.2) is 25.2 Å². The highest BCUT2D eigenvalue weighted by Crippen LogP contribution is 2.20. The Labute approximate surface area is 173 Å². The van der Waals surface area contributed by atoms with Gasteiger partial charge in [0.15, 0.2) is 0 Å². The number of aryl methyl sites for hydroxylation is 1. The fraction of sp³-hybridized carbons (Fsp3) is 0.250. The first-order valence-corrected chi connectivity index (χ1v) is 11.0. The Balaban J connectivity index is 2.34. The van der Waals surface area contributed by atoms with Crippen molar-refractivity contribution in [3.63, 3.8) is 0 Å². The summed E-state index contributed by atoms with van der Waals surface area (Å²) in [7, 11) is -3.95. The lowest BCUT2D eigenvalue weighted by Gasteiger charge is -2.21. The van der Waals surface area contributed by atoms with Gasteiger partial charge in [-0.3, -0.25) is 4.79 Å². The summed E-state index contributed by atoms with van der Waals surface area (Å²) in [4.78, 5) is 13.0. The molecule has 0 saturated heterocycles. The van der Waals surface area contributed by atoms with Crippen molar-refractivity contribution < 1.29 is 13.2 Å². The molecule has 29 heavy (non-hydrogen) atoms. The molecule has 0 aromatic heterocycles. The number of benzene rings is 2. The Hall–Kier alpha value is -2.88. The zero-order chi connectivity index (χ0) is 21.4. The van der Waals surface area contributed by atoms with E-state index in [2.05, 4.69) is 12.3 Å². The first-order valence-electron chi connectivity index (χ1n) is 9.53. The summed E-state index contributed by atoms with van der Waals surface area (Å²) in [5.74, 6) is -0.501. The molecule has 152 valence electrons. The van der Waals surface area contributed by atoms with Gasteiger partial charge in [0.25, 0.3) is 10.0 Å². The van der Waals surface area contributed by atoms with E-state index in [1.165, 1.54) is 18.2 Å². The van der Waals surface area contributed by atoms with Gasteiger partial charge in [0.05, 0.1) is 17.9 Å². The van der Waals surface area contributed by atoms with Crippen LogP contribution in [0.25, 0.3) is 5.57 Å². The van der Waals surface area contributed by atoms with Crippen LogP contribution >= 0.6 is 0 Å². The smallest absolute Gasteiger partial charge is 0.266 e. The minimum atomic E-state index is -3.95. The SMILES string of the molecule is C=CCN(C(=O)CC(C)=C=C(CC)c1ccccc1)S(=O)(=O)c1ccc(C)cc1. The van der Waals surface area contributed by atoms with Crippen molar-refractivity contribution in [2.24, 2.45) is 0 Å². The summed E-state index contributed by atoms with van der Waals surface area (Å²) in [5.41, 5.74) is 6.92. The van der Waals surface area contributed by atoms with Crippen LogP contribution in [0.2, 0.25) is 0 Å². The normalized spacial score (nSPS) is 10.7. The second-order valence-electron chi connectivity index (χ2n) is 6.81. The van der Waals surface area contributed by atoms with E-state index in [1.807, 2.05) is 44.2 Å². The molecular formula is C24H27NO3S. The van der Waals surface area contributed by atoms with Gasteiger partial charge in [-0.1, -0.05) is 61.0 Å². The molecule has 0 aliphatic heterocycles. The Kier molecular flexibility index (Phi) is 7.77. The molecule has 0 aliphatic carbocycles. The molecule has 4 nitrogen and oxygen atoms in total. The molecule has 0 radical (unpaired) electrons. The fourth-order valence-electron chi connectivity index (χ4n) is 2.91. The average molecular weight is 410 g/mol. The molecule has 0 N–H and O–H groups in total. The number of sulfonamides is 1. The van der Waals surface area contributed by atoms with Gasteiger partial charge in [-0.05, 0) is 43.5 Å². The van der Waals surface area contributed by atoms with E-state index < -0.39 is 15.9 Å². The van der Waals surface area contributed by atoms with Crippen LogP contribution in [0.4, 0.5) is 0 Å². The minimum Gasteiger partial charge on any atom is -0.273 e.